The van der Waals surface area contributed by atoms with E-state index < -0.39 is 0 Å². The lowest BCUT2D eigenvalue weighted by atomic mass is 9.83. The topological polar surface area (TPSA) is 30.3 Å². The van der Waals surface area contributed by atoms with E-state index >= 15 is 0 Å². The number of para-hydroxylation sites is 1. The van der Waals surface area contributed by atoms with Crippen LogP contribution in [0.15, 0.2) is 60.9 Å². The first-order valence-electron chi connectivity index (χ1n) is 7.47. The maximum Gasteiger partial charge on any atom is 0.119 e. The van der Waals surface area contributed by atoms with Crippen molar-refractivity contribution in [1.82, 2.24) is 0 Å². The highest BCUT2D eigenvalue weighted by molar-refractivity contribution is 5.73. The van der Waals surface area contributed by atoms with Crippen LogP contribution in [0.25, 0.3) is 0 Å². The molecule has 3 heteroatoms. The Bertz CT molecular complexity index is 799. The lowest BCUT2D eigenvalue weighted by molar-refractivity contribution is 0.447. The molecule has 2 aliphatic heterocycles. The van der Waals surface area contributed by atoms with E-state index in [2.05, 4.69) is 72.4 Å². The zero-order chi connectivity index (χ0) is 15.3. The molecule has 1 atom stereocenters. The van der Waals surface area contributed by atoms with Crippen LogP contribution in [-0.2, 0) is 5.41 Å². The average molecular weight is 287 g/mol. The second kappa shape index (κ2) is 4.38. The van der Waals surface area contributed by atoms with Gasteiger partial charge >= 0.3 is 0 Å². The van der Waals surface area contributed by atoms with Crippen LogP contribution in [0.2, 0.25) is 0 Å². The van der Waals surface area contributed by atoms with Gasteiger partial charge < -0.3 is 9.80 Å². The molecule has 2 aromatic rings. The number of fused-ring (bicyclic) bond motifs is 3. The number of hydrogen-bond acceptors (Lipinski definition) is 3. The van der Waals surface area contributed by atoms with E-state index in [1.54, 1.807) is 0 Å². The lowest BCUT2D eigenvalue weighted by Crippen LogP contribution is -2.46. The van der Waals surface area contributed by atoms with Gasteiger partial charge in [-0.1, -0.05) is 32.0 Å². The summed E-state index contributed by atoms with van der Waals surface area (Å²) < 4.78 is 0. The molecule has 2 aromatic carbocycles. The van der Waals surface area contributed by atoms with E-state index in [0.29, 0.717) is 0 Å². The summed E-state index contributed by atoms with van der Waals surface area (Å²) in [6.45, 7) is 4.50. The molecule has 0 amide bonds. The Morgan fingerprint density at radius 3 is 2.45 bits per heavy atom. The summed E-state index contributed by atoms with van der Waals surface area (Å²) in [6.07, 6.45) is 4.49. The largest absolute Gasteiger partial charge is 0.324 e. The first-order chi connectivity index (χ1) is 10.6. The van der Waals surface area contributed by atoms with E-state index in [0.717, 1.165) is 5.56 Å². The van der Waals surface area contributed by atoms with Crippen LogP contribution >= 0.6 is 0 Å². The molecule has 4 rings (SSSR count). The van der Waals surface area contributed by atoms with Gasteiger partial charge in [0.2, 0.25) is 0 Å². The molecule has 0 bridgehead atoms. The minimum Gasteiger partial charge on any atom is -0.324 e. The molecule has 0 fully saturated rings. The molecule has 108 valence electrons. The van der Waals surface area contributed by atoms with Crippen molar-refractivity contribution in [2.45, 2.75) is 25.4 Å². The molecule has 22 heavy (non-hydrogen) atoms. The number of hydrogen-bond donors (Lipinski definition) is 0. The van der Waals surface area contributed by atoms with E-state index in [1.165, 1.54) is 16.9 Å². The molecule has 1 unspecified atom stereocenters. The molecule has 0 saturated heterocycles. The van der Waals surface area contributed by atoms with Crippen molar-refractivity contribution >= 4 is 11.4 Å². The Morgan fingerprint density at radius 1 is 1.00 bits per heavy atom. The number of benzene rings is 2. The molecule has 0 aromatic heterocycles. The quantitative estimate of drug-likeness (QED) is 0.795. The van der Waals surface area contributed by atoms with Crippen molar-refractivity contribution in [3.05, 3.63) is 72.1 Å². The highest BCUT2D eigenvalue weighted by atomic mass is 15.4. The molecule has 3 nitrogen and oxygen atoms in total. The molecule has 2 aliphatic rings. The van der Waals surface area contributed by atoms with Gasteiger partial charge in [-0.25, -0.2) is 0 Å². The SMILES string of the molecule is CC1(C)c2cc(C#N)ccc2N2C=CN(c3ccccc3)C21. The summed E-state index contributed by atoms with van der Waals surface area (Å²) in [7, 11) is 0. The van der Waals surface area contributed by atoms with Crippen molar-refractivity contribution in [1.29, 1.82) is 5.26 Å². The van der Waals surface area contributed by atoms with E-state index in [4.69, 9.17) is 0 Å². The smallest absolute Gasteiger partial charge is 0.119 e. The highest BCUT2D eigenvalue weighted by Gasteiger charge is 2.49. The van der Waals surface area contributed by atoms with E-state index in [1.807, 2.05) is 18.2 Å². The molecule has 0 aliphatic carbocycles. The van der Waals surface area contributed by atoms with Crippen molar-refractivity contribution in [2.24, 2.45) is 0 Å². The normalized spacial score (nSPS) is 20.7. The predicted molar refractivity (Wildman–Crippen MR) is 88.5 cm³/mol. The van der Waals surface area contributed by atoms with Gasteiger partial charge in [0, 0.05) is 29.2 Å². The number of anilines is 2. The second-order valence-corrected chi connectivity index (χ2v) is 6.39. The number of rotatable bonds is 1. The molecule has 0 spiro atoms. The third-order valence-corrected chi connectivity index (χ3v) is 4.71. The fourth-order valence-corrected chi connectivity index (χ4v) is 3.66. The summed E-state index contributed by atoms with van der Waals surface area (Å²) in [5.74, 6) is 0. The van der Waals surface area contributed by atoms with E-state index in [-0.39, 0.29) is 11.6 Å². The second-order valence-electron chi connectivity index (χ2n) is 6.39. The molecular weight excluding hydrogens is 270 g/mol. The van der Waals surface area contributed by atoms with Crippen LogP contribution in [-0.4, -0.2) is 6.17 Å². The molecule has 0 radical (unpaired) electrons. The third kappa shape index (κ3) is 1.61. The van der Waals surface area contributed by atoms with Crippen molar-refractivity contribution < 1.29 is 0 Å². The Hall–Kier alpha value is -2.73. The number of nitrogens with zero attached hydrogens (tertiary/aromatic N) is 3. The summed E-state index contributed by atoms with van der Waals surface area (Å²) >= 11 is 0. The van der Waals surface area contributed by atoms with Gasteiger partial charge in [-0.2, -0.15) is 5.26 Å². The van der Waals surface area contributed by atoms with Gasteiger partial charge in [-0.05, 0) is 35.9 Å². The van der Waals surface area contributed by atoms with Gasteiger partial charge in [0.1, 0.15) is 6.17 Å². The van der Waals surface area contributed by atoms with Crippen molar-refractivity contribution in [3.8, 4) is 6.07 Å². The Kier molecular flexibility index (Phi) is 2.58. The van der Waals surface area contributed by atoms with Crippen molar-refractivity contribution in [2.75, 3.05) is 9.80 Å². The molecule has 0 N–H and O–H groups in total. The van der Waals surface area contributed by atoms with Gasteiger partial charge in [0.25, 0.3) is 0 Å². The summed E-state index contributed by atoms with van der Waals surface area (Å²) in [5, 5.41) is 9.18. The van der Waals surface area contributed by atoms with Gasteiger partial charge in [-0.3, -0.25) is 0 Å². The fourth-order valence-electron chi connectivity index (χ4n) is 3.66. The van der Waals surface area contributed by atoms with Crippen LogP contribution in [0.5, 0.6) is 0 Å². The first kappa shape index (κ1) is 13.0. The standard InChI is InChI=1S/C19H17N3/c1-19(2)16-12-14(13-20)8-9-17(16)22-11-10-21(18(19)22)15-6-4-3-5-7-15/h3-12,18H,1-2H3. The highest BCUT2D eigenvalue weighted by Crippen LogP contribution is 2.49. The average Bonchev–Trinajstić information content (AvgIpc) is 3.08. The van der Waals surface area contributed by atoms with Gasteiger partial charge in [-0.15, -0.1) is 0 Å². The van der Waals surface area contributed by atoms with Crippen LogP contribution in [0, 0.1) is 11.3 Å². The fraction of sp³-hybridized carbons (Fsp3) is 0.211. The predicted octanol–water partition coefficient (Wildman–Crippen LogP) is 3.97. The van der Waals surface area contributed by atoms with Gasteiger partial charge in [0.05, 0.1) is 11.6 Å². The van der Waals surface area contributed by atoms with E-state index in [9.17, 15) is 5.26 Å². The Labute approximate surface area is 130 Å². The molecule has 0 saturated carbocycles. The zero-order valence-corrected chi connectivity index (χ0v) is 12.7. The molecular formula is C19H17N3. The summed E-state index contributed by atoms with van der Waals surface area (Å²) in [4.78, 5) is 4.62. The third-order valence-electron chi connectivity index (χ3n) is 4.71. The maximum atomic E-state index is 9.18. The maximum absolute atomic E-state index is 9.18. The first-order valence-corrected chi connectivity index (χ1v) is 7.47. The lowest BCUT2D eigenvalue weighted by Gasteiger charge is -2.36. The minimum atomic E-state index is -0.0679. The molecule has 2 heterocycles. The summed E-state index contributed by atoms with van der Waals surface area (Å²) in [5.41, 5.74) is 4.28. The Balaban J connectivity index is 1.83. The monoisotopic (exact) mass is 287 g/mol. The van der Waals surface area contributed by atoms with Crippen LogP contribution in [0.3, 0.4) is 0 Å². The Morgan fingerprint density at radius 2 is 1.73 bits per heavy atom. The van der Waals surface area contributed by atoms with Crippen LogP contribution in [0.4, 0.5) is 11.4 Å². The zero-order valence-electron chi connectivity index (χ0n) is 12.7. The van der Waals surface area contributed by atoms with Crippen molar-refractivity contribution in [3.63, 3.8) is 0 Å². The summed E-state index contributed by atoms with van der Waals surface area (Å²) in [6, 6.07) is 18.7. The van der Waals surface area contributed by atoms with Crippen LogP contribution in [0.1, 0.15) is 25.0 Å². The van der Waals surface area contributed by atoms with Crippen LogP contribution < -0.4 is 9.80 Å². The minimum absolute atomic E-state index is 0.0679. The number of nitriles is 1. The van der Waals surface area contributed by atoms with Gasteiger partial charge in [0.15, 0.2) is 0 Å².